The Labute approximate surface area is 120 Å². The monoisotopic (exact) mass is 280 g/mol. The minimum absolute atomic E-state index is 0.0634. The second-order valence-corrected chi connectivity index (χ2v) is 5.08. The van der Waals surface area contributed by atoms with Gasteiger partial charge in [-0.3, -0.25) is 4.79 Å². The minimum atomic E-state index is -0.545. The molecule has 0 spiro atoms. The third-order valence-corrected chi connectivity index (χ3v) is 2.64. The molecule has 0 aliphatic rings. The molecule has 0 aliphatic carbocycles. The highest BCUT2D eigenvalue weighted by Crippen LogP contribution is 2.13. The predicted octanol–water partition coefficient (Wildman–Crippen LogP) is 1.06. The van der Waals surface area contributed by atoms with Crippen molar-refractivity contribution >= 4 is 5.91 Å². The molecule has 1 aromatic carbocycles. The van der Waals surface area contributed by atoms with Crippen molar-refractivity contribution < 1.29 is 14.6 Å². The van der Waals surface area contributed by atoms with Gasteiger partial charge < -0.3 is 20.5 Å². The number of nitrogens with one attached hydrogen (secondary N) is 2. The van der Waals surface area contributed by atoms with Crippen molar-refractivity contribution in [2.24, 2.45) is 0 Å². The van der Waals surface area contributed by atoms with E-state index in [4.69, 9.17) is 4.74 Å². The Morgan fingerprint density at radius 2 is 2.15 bits per heavy atom. The van der Waals surface area contributed by atoms with E-state index in [0.29, 0.717) is 24.9 Å². The number of carbonyl (C=O) groups excluding carboxylic acids is 1. The van der Waals surface area contributed by atoms with Gasteiger partial charge in [0.1, 0.15) is 18.5 Å². The van der Waals surface area contributed by atoms with E-state index < -0.39 is 6.10 Å². The lowest BCUT2D eigenvalue weighted by Gasteiger charge is -2.15. The zero-order chi connectivity index (χ0) is 15.0. The molecular weight excluding hydrogens is 256 g/mol. The van der Waals surface area contributed by atoms with Gasteiger partial charge in [-0.25, -0.2) is 0 Å². The van der Waals surface area contributed by atoms with Crippen molar-refractivity contribution in [3.63, 3.8) is 0 Å². The number of aliphatic hydroxyl groups excluding tert-OH is 1. The number of carbonyl (C=O) groups is 1. The molecule has 0 saturated heterocycles. The fraction of sp³-hybridized carbons (Fsp3) is 0.533. The van der Waals surface area contributed by atoms with Gasteiger partial charge >= 0.3 is 0 Å². The molecule has 0 heterocycles. The maximum atomic E-state index is 10.9. The van der Waals surface area contributed by atoms with E-state index in [0.717, 1.165) is 5.56 Å². The minimum Gasteiger partial charge on any atom is -0.491 e. The van der Waals surface area contributed by atoms with Gasteiger partial charge in [0.15, 0.2) is 0 Å². The molecule has 1 amide bonds. The Kier molecular flexibility index (Phi) is 7.04. The van der Waals surface area contributed by atoms with Gasteiger partial charge in [0.05, 0.1) is 0 Å². The van der Waals surface area contributed by atoms with E-state index in [9.17, 15) is 9.90 Å². The zero-order valence-corrected chi connectivity index (χ0v) is 12.3. The molecular formula is C15H24N2O3. The van der Waals surface area contributed by atoms with Crippen LogP contribution in [0.1, 0.15) is 26.3 Å². The van der Waals surface area contributed by atoms with Gasteiger partial charge in [-0.1, -0.05) is 26.0 Å². The molecule has 1 rings (SSSR count). The molecule has 1 aromatic rings. The summed E-state index contributed by atoms with van der Waals surface area (Å²) in [5.74, 6) is 0.628. The van der Waals surface area contributed by atoms with Crippen LogP contribution in [0.15, 0.2) is 24.3 Å². The summed E-state index contributed by atoms with van der Waals surface area (Å²) >= 11 is 0. The molecule has 3 N–H and O–H groups in total. The first kappa shape index (κ1) is 16.5. The third kappa shape index (κ3) is 7.11. The highest BCUT2D eigenvalue weighted by atomic mass is 16.5. The molecule has 0 unspecified atom stereocenters. The quantitative estimate of drug-likeness (QED) is 0.666. The van der Waals surface area contributed by atoms with Crippen LogP contribution in [0.2, 0.25) is 0 Å². The van der Waals surface area contributed by atoms with E-state index in [1.807, 2.05) is 38.1 Å². The van der Waals surface area contributed by atoms with Crippen molar-refractivity contribution in [1.82, 2.24) is 10.6 Å². The fourth-order valence-electron chi connectivity index (χ4n) is 1.59. The third-order valence-electron chi connectivity index (χ3n) is 2.64. The molecule has 0 saturated carbocycles. The van der Waals surface area contributed by atoms with E-state index in [1.165, 1.54) is 6.92 Å². The number of benzene rings is 1. The van der Waals surface area contributed by atoms with Crippen LogP contribution in [0.3, 0.4) is 0 Å². The van der Waals surface area contributed by atoms with Crippen LogP contribution in [0, 0.1) is 0 Å². The summed E-state index contributed by atoms with van der Waals surface area (Å²) in [5, 5.41) is 15.6. The van der Waals surface area contributed by atoms with Crippen molar-refractivity contribution in [3.05, 3.63) is 29.8 Å². The molecule has 20 heavy (non-hydrogen) atoms. The lowest BCUT2D eigenvalue weighted by molar-refractivity contribution is -0.119. The van der Waals surface area contributed by atoms with Gasteiger partial charge in [0.2, 0.25) is 5.91 Å². The van der Waals surface area contributed by atoms with Gasteiger partial charge in [0.25, 0.3) is 0 Å². The Hall–Kier alpha value is -1.59. The van der Waals surface area contributed by atoms with Crippen LogP contribution in [0.25, 0.3) is 0 Å². The Bertz CT molecular complexity index is 421. The molecule has 0 aliphatic heterocycles. The van der Waals surface area contributed by atoms with Crippen molar-refractivity contribution in [1.29, 1.82) is 0 Å². The first-order valence-electron chi connectivity index (χ1n) is 6.85. The topological polar surface area (TPSA) is 70.6 Å². The normalized spacial score (nSPS) is 12.2. The lowest BCUT2D eigenvalue weighted by Crippen LogP contribution is -2.35. The maximum absolute atomic E-state index is 10.9. The van der Waals surface area contributed by atoms with Crippen LogP contribution < -0.4 is 15.4 Å². The summed E-state index contributed by atoms with van der Waals surface area (Å²) in [5.41, 5.74) is 0.965. The average molecular weight is 280 g/mol. The molecule has 0 bridgehead atoms. The van der Waals surface area contributed by atoms with E-state index in [-0.39, 0.29) is 12.5 Å². The van der Waals surface area contributed by atoms with E-state index in [2.05, 4.69) is 10.6 Å². The number of hydrogen-bond acceptors (Lipinski definition) is 4. The first-order chi connectivity index (χ1) is 9.47. The summed E-state index contributed by atoms with van der Waals surface area (Å²) < 4.78 is 5.54. The summed E-state index contributed by atoms with van der Waals surface area (Å²) in [6, 6.07) is 7.81. The fourth-order valence-corrected chi connectivity index (χ4v) is 1.59. The van der Waals surface area contributed by atoms with Crippen LogP contribution in [0.5, 0.6) is 5.75 Å². The first-order valence-corrected chi connectivity index (χ1v) is 6.85. The number of amides is 1. The van der Waals surface area contributed by atoms with Crippen LogP contribution in [-0.2, 0) is 11.3 Å². The van der Waals surface area contributed by atoms with E-state index in [1.54, 1.807) is 0 Å². The Morgan fingerprint density at radius 3 is 2.80 bits per heavy atom. The standard InChI is InChI=1S/C15H24N2O3/c1-11(2)16-9-14(19)10-20-15-6-4-5-13(7-15)8-17-12(3)18/h4-7,11,14,16,19H,8-10H2,1-3H3,(H,17,18)/t14-/m1/s1. The molecule has 112 valence electrons. The van der Waals surface area contributed by atoms with Crippen LogP contribution in [0.4, 0.5) is 0 Å². The van der Waals surface area contributed by atoms with Gasteiger partial charge in [-0.2, -0.15) is 0 Å². The highest BCUT2D eigenvalue weighted by molar-refractivity contribution is 5.72. The second-order valence-electron chi connectivity index (χ2n) is 5.08. The number of hydrogen-bond donors (Lipinski definition) is 3. The molecule has 5 nitrogen and oxygen atoms in total. The van der Waals surface area contributed by atoms with Crippen molar-refractivity contribution in [3.8, 4) is 5.75 Å². The van der Waals surface area contributed by atoms with Gasteiger partial charge in [0, 0.05) is 26.1 Å². The Morgan fingerprint density at radius 1 is 1.40 bits per heavy atom. The highest BCUT2D eigenvalue weighted by Gasteiger charge is 2.06. The number of aliphatic hydroxyl groups is 1. The summed E-state index contributed by atoms with van der Waals surface area (Å²) in [7, 11) is 0. The smallest absolute Gasteiger partial charge is 0.217 e. The van der Waals surface area contributed by atoms with Gasteiger partial charge in [-0.05, 0) is 17.7 Å². The predicted molar refractivity (Wildman–Crippen MR) is 78.6 cm³/mol. The van der Waals surface area contributed by atoms with Crippen molar-refractivity contribution in [2.75, 3.05) is 13.2 Å². The number of rotatable bonds is 8. The molecule has 1 atom stereocenters. The molecule has 0 fully saturated rings. The maximum Gasteiger partial charge on any atom is 0.217 e. The largest absolute Gasteiger partial charge is 0.491 e. The SMILES string of the molecule is CC(=O)NCc1cccc(OC[C@H](O)CNC(C)C)c1. The number of ether oxygens (including phenoxy) is 1. The lowest BCUT2D eigenvalue weighted by atomic mass is 10.2. The summed E-state index contributed by atoms with van der Waals surface area (Å²) in [6.45, 7) is 6.76. The van der Waals surface area contributed by atoms with Gasteiger partial charge in [-0.15, -0.1) is 0 Å². The molecule has 0 aromatic heterocycles. The van der Waals surface area contributed by atoms with E-state index >= 15 is 0 Å². The molecule has 0 radical (unpaired) electrons. The summed E-state index contributed by atoms with van der Waals surface area (Å²) in [6.07, 6.45) is -0.545. The summed E-state index contributed by atoms with van der Waals surface area (Å²) in [4.78, 5) is 10.9. The van der Waals surface area contributed by atoms with Crippen LogP contribution in [-0.4, -0.2) is 36.3 Å². The second kappa shape index (κ2) is 8.55. The molecule has 5 heteroatoms. The van der Waals surface area contributed by atoms with Crippen LogP contribution >= 0.6 is 0 Å². The Balaban J connectivity index is 2.39. The zero-order valence-electron chi connectivity index (χ0n) is 12.3. The van der Waals surface area contributed by atoms with Crippen molar-refractivity contribution in [2.45, 2.75) is 39.5 Å². The average Bonchev–Trinajstić information content (AvgIpc) is 2.41.